The molecule has 0 saturated heterocycles. The zero-order chi connectivity index (χ0) is 17.6. The van der Waals surface area contributed by atoms with Gasteiger partial charge in [-0.1, -0.05) is 48.5 Å². The summed E-state index contributed by atoms with van der Waals surface area (Å²) in [6, 6.07) is 16.4. The Bertz CT molecular complexity index is 733. The number of carbonyl (C=O) groups is 2. The maximum Gasteiger partial charge on any atom is 0.407 e. The van der Waals surface area contributed by atoms with Gasteiger partial charge in [-0.2, -0.15) is 0 Å². The Morgan fingerprint density at radius 2 is 1.48 bits per heavy atom. The number of alkyl carbamates (subject to hydrolysis) is 1. The lowest BCUT2D eigenvalue weighted by atomic mass is 9.98. The highest BCUT2D eigenvalue weighted by molar-refractivity contribution is 6.27. The number of hydrogen-bond acceptors (Lipinski definition) is 3. The fourth-order valence-electron chi connectivity index (χ4n) is 3.06. The van der Waals surface area contributed by atoms with Crippen molar-refractivity contribution in [2.45, 2.75) is 5.92 Å². The van der Waals surface area contributed by atoms with Gasteiger partial charge in [-0.05, 0) is 22.3 Å². The summed E-state index contributed by atoms with van der Waals surface area (Å²) in [5.41, 5.74) is 4.73. The van der Waals surface area contributed by atoms with E-state index >= 15 is 0 Å². The summed E-state index contributed by atoms with van der Waals surface area (Å²) in [7, 11) is 0. The quantitative estimate of drug-likeness (QED) is 0.616. The van der Waals surface area contributed by atoms with E-state index in [4.69, 9.17) is 16.3 Å². The van der Waals surface area contributed by atoms with Gasteiger partial charge in [0.15, 0.2) is 0 Å². The zero-order valence-electron chi connectivity index (χ0n) is 13.6. The van der Waals surface area contributed by atoms with Crippen LogP contribution in [0.5, 0.6) is 0 Å². The number of carbonyl (C=O) groups excluding carboxylic acids is 2. The van der Waals surface area contributed by atoms with E-state index in [-0.39, 0.29) is 24.3 Å². The topological polar surface area (TPSA) is 67.4 Å². The van der Waals surface area contributed by atoms with Gasteiger partial charge >= 0.3 is 6.09 Å². The highest BCUT2D eigenvalue weighted by Gasteiger charge is 2.28. The number of ether oxygens (including phenoxy) is 1. The molecule has 0 radical (unpaired) electrons. The molecule has 6 heteroatoms. The molecule has 0 unspecified atom stereocenters. The van der Waals surface area contributed by atoms with Crippen LogP contribution in [0.15, 0.2) is 48.5 Å². The van der Waals surface area contributed by atoms with Gasteiger partial charge < -0.3 is 15.4 Å². The average Bonchev–Trinajstić information content (AvgIpc) is 2.97. The maximum atomic E-state index is 11.9. The molecule has 2 aromatic rings. The number of fused-ring (bicyclic) bond motifs is 3. The molecule has 0 aromatic heterocycles. The molecule has 1 aliphatic carbocycles. The molecule has 0 bridgehead atoms. The van der Waals surface area contributed by atoms with Gasteiger partial charge in [0.2, 0.25) is 5.91 Å². The van der Waals surface area contributed by atoms with E-state index in [0.29, 0.717) is 13.1 Å². The first-order chi connectivity index (χ1) is 12.2. The minimum absolute atomic E-state index is 0.0362. The Morgan fingerprint density at radius 1 is 0.920 bits per heavy atom. The highest BCUT2D eigenvalue weighted by Crippen LogP contribution is 2.44. The zero-order valence-corrected chi connectivity index (χ0v) is 14.4. The van der Waals surface area contributed by atoms with Crippen molar-refractivity contribution in [3.05, 3.63) is 59.7 Å². The minimum Gasteiger partial charge on any atom is -0.449 e. The summed E-state index contributed by atoms with van der Waals surface area (Å²) in [6.45, 7) is 0.878. The Kier molecular flexibility index (Phi) is 5.56. The molecule has 2 aromatic carbocycles. The van der Waals surface area contributed by atoms with Crippen molar-refractivity contribution >= 4 is 23.6 Å². The molecule has 130 valence electrons. The van der Waals surface area contributed by atoms with Crippen LogP contribution in [0.2, 0.25) is 0 Å². The summed E-state index contributed by atoms with van der Waals surface area (Å²) in [5.74, 6) is -0.324. The highest BCUT2D eigenvalue weighted by atomic mass is 35.5. The number of benzene rings is 2. The first kappa shape index (κ1) is 17.3. The molecule has 0 aliphatic heterocycles. The van der Waals surface area contributed by atoms with Crippen molar-refractivity contribution in [3.8, 4) is 11.1 Å². The van der Waals surface area contributed by atoms with Crippen LogP contribution in [0.25, 0.3) is 11.1 Å². The number of rotatable bonds is 6. The van der Waals surface area contributed by atoms with Gasteiger partial charge in [-0.15, -0.1) is 11.6 Å². The van der Waals surface area contributed by atoms with Crippen LogP contribution in [-0.2, 0) is 9.53 Å². The van der Waals surface area contributed by atoms with E-state index in [1.807, 2.05) is 24.3 Å². The van der Waals surface area contributed by atoms with Crippen molar-refractivity contribution in [3.63, 3.8) is 0 Å². The lowest BCUT2D eigenvalue weighted by Crippen LogP contribution is -2.35. The Balaban J connectivity index is 1.56. The first-order valence-electron chi connectivity index (χ1n) is 8.12. The fourth-order valence-corrected chi connectivity index (χ4v) is 3.16. The van der Waals surface area contributed by atoms with Crippen LogP contribution in [-0.4, -0.2) is 37.6 Å². The molecule has 0 spiro atoms. The van der Waals surface area contributed by atoms with Gasteiger partial charge in [0, 0.05) is 19.0 Å². The Hall–Kier alpha value is -2.53. The van der Waals surface area contributed by atoms with Crippen molar-refractivity contribution in [2.24, 2.45) is 0 Å². The van der Waals surface area contributed by atoms with E-state index in [9.17, 15) is 9.59 Å². The molecule has 0 atom stereocenters. The second-order valence-corrected chi connectivity index (χ2v) is 6.00. The Labute approximate surface area is 151 Å². The van der Waals surface area contributed by atoms with Gasteiger partial charge in [-0.3, -0.25) is 4.79 Å². The second-order valence-electron chi connectivity index (χ2n) is 5.74. The van der Waals surface area contributed by atoms with E-state index in [0.717, 1.165) is 0 Å². The minimum atomic E-state index is -0.498. The van der Waals surface area contributed by atoms with E-state index in [2.05, 4.69) is 34.9 Å². The predicted octanol–water partition coefficient (Wildman–Crippen LogP) is 2.88. The fraction of sp³-hybridized carbons (Fsp3) is 0.263. The van der Waals surface area contributed by atoms with Gasteiger partial charge in [-0.25, -0.2) is 4.79 Å². The molecule has 0 heterocycles. The van der Waals surface area contributed by atoms with Crippen LogP contribution >= 0.6 is 11.6 Å². The summed E-state index contributed by atoms with van der Waals surface area (Å²) in [6.07, 6.45) is -0.498. The number of halogens is 1. The summed E-state index contributed by atoms with van der Waals surface area (Å²) in [4.78, 5) is 22.9. The third-order valence-electron chi connectivity index (χ3n) is 4.18. The lowest BCUT2D eigenvalue weighted by molar-refractivity contribution is -0.118. The van der Waals surface area contributed by atoms with Crippen LogP contribution in [0.1, 0.15) is 17.0 Å². The monoisotopic (exact) mass is 358 g/mol. The van der Waals surface area contributed by atoms with Crippen molar-refractivity contribution < 1.29 is 14.3 Å². The molecule has 3 rings (SSSR count). The lowest BCUT2D eigenvalue weighted by Gasteiger charge is -2.14. The second kappa shape index (κ2) is 8.03. The molecular weight excluding hydrogens is 340 g/mol. The molecule has 1 aliphatic rings. The van der Waals surface area contributed by atoms with Gasteiger partial charge in [0.05, 0.1) is 0 Å². The summed E-state index contributed by atoms with van der Waals surface area (Å²) >= 11 is 5.37. The summed E-state index contributed by atoms with van der Waals surface area (Å²) < 4.78 is 5.38. The van der Waals surface area contributed by atoms with Crippen molar-refractivity contribution in [1.29, 1.82) is 0 Å². The van der Waals surface area contributed by atoms with E-state index in [1.165, 1.54) is 22.3 Å². The number of alkyl halides is 1. The van der Waals surface area contributed by atoms with Crippen LogP contribution in [0.4, 0.5) is 4.79 Å². The molecule has 0 fully saturated rings. The molecule has 5 nitrogen and oxygen atoms in total. The number of amides is 2. The third kappa shape index (κ3) is 3.94. The van der Waals surface area contributed by atoms with E-state index < -0.39 is 6.09 Å². The van der Waals surface area contributed by atoms with Gasteiger partial charge in [0.25, 0.3) is 0 Å². The predicted molar refractivity (Wildman–Crippen MR) is 96.8 cm³/mol. The first-order valence-corrected chi connectivity index (χ1v) is 8.65. The molecular formula is C19H19ClN2O3. The normalized spacial score (nSPS) is 12.2. The smallest absolute Gasteiger partial charge is 0.407 e. The molecule has 2 N–H and O–H groups in total. The van der Waals surface area contributed by atoms with Crippen LogP contribution in [0, 0.1) is 0 Å². The average molecular weight is 359 g/mol. The van der Waals surface area contributed by atoms with E-state index in [1.54, 1.807) is 0 Å². The van der Waals surface area contributed by atoms with Crippen molar-refractivity contribution in [2.75, 3.05) is 25.6 Å². The van der Waals surface area contributed by atoms with Gasteiger partial charge in [0.1, 0.15) is 12.5 Å². The number of nitrogens with one attached hydrogen (secondary N) is 2. The molecule has 0 saturated carbocycles. The molecule has 2 amide bonds. The standard InChI is InChI=1S/C19H19ClN2O3/c20-11-18(23)21-9-10-22-19(24)25-12-17-15-7-3-1-5-13(15)14-6-2-4-8-16(14)17/h1-8,17H,9-12H2,(H,21,23)(H,22,24). The third-order valence-corrected chi connectivity index (χ3v) is 4.42. The van der Waals surface area contributed by atoms with Crippen LogP contribution in [0.3, 0.4) is 0 Å². The molecule has 25 heavy (non-hydrogen) atoms. The SMILES string of the molecule is O=C(CCl)NCCNC(=O)OCC1c2ccccc2-c2ccccc21. The summed E-state index contributed by atoms with van der Waals surface area (Å²) in [5, 5.41) is 5.18. The Morgan fingerprint density at radius 3 is 2.08 bits per heavy atom. The van der Waals surface area contributed by atoms with Crippen molar-refractivity contribution in [1.82, 2.24) is 10.6 Å². The number of hydrogen-bond donors (Lipinski definition) is 2. The van der Waals surface area contributed by atoms with Crippen LogP contribution < -0.4 is 10.6 Å². The largest absolute Gasteiger partial charge is 0.449 e. The maximum absolute atomic E-state index is 11.9.